The van der Waals surface area contributed by atoms with Crippen molar-refractivity contribution in [3.63, 3.8) is 0 Å². The SMILES string of the molecule is CCOC(=O)N1c2cc(OC)c(OC)cc2C(C(=O)NCc2cc(F)c(F)c(F)c2)CC1C. The second kappa shape index (κ2) is 10.0. The Kier molecular flexibility index (Phi) is 7.35. The Morgan fingerprint density at radius 3 is 2.24 bits per heavy atom. The fourth-order valence-electron chi connectivity index (χ4n) is 3.92. The predicted molar refractivity (Wildman–Crippen MR) is 114 cm³/mol. The number of nitrogens with one attached hydrogen (secondary N) is 1. The zero-order valence-electron chi connectivity index (χ0n) is 18.7. The number of rotatable bonds is 6. The fraction of sp³-hybridized carbons (Fsp3) is 0.391. The molecule has 1 aliphatic rings. The minimum absolute atomic E-state index is 0.0734. The third-order valence-electron chi connectivity index (χ3n) is 5.48. The summed E-state index contributed by atoms with van der Waals surface area (Å²) in [5, 5.41) is 2.64. The quantitative estimate of drug-likeness (QED) is 0.644. The second-order valence-corrected chi connectivity index (χ2v) is 7.56. The van der Waals surface area contributed by atoms with Crippen LogP contribution in [0.1, 0.15) is 37.3 Å². The molecule has 2 unspecified atom stereocenters. The molecule has 0 radical (unpaired) electrons. The van der Waals surface area contributed by atoms with Gasteiger partial charge in [0, 0.05) is 18.7 Å². The smallest absolute Gasteiger partial charge is 0.414 e. The van der Waals surface area contributed by atoms with E-state index in [1.165, 1.54) is 19.1 Å². The Morgan fingerprint density at radius 1 is 1.06 bits per heavy atom. The minimum atomic E-state index is -1.57. The zero-order valence-corrected chi connectivity index (χ0v) is 18.7. The molecule has 7 nitrogen and oxygen atoms in total. The summed E-state index contributed by atoms with van der Waals surface area (Å²) in [4.78, 5) is 27.2. The molecular weight excluding hydrogens is 441 g/mol. The van der Waals surface area contributed by atoms with Gasteiger partial charge in [-0.1, -0.05) is 0 Å². The van der Waals surface area contributed by atoms with Gasteiger partial charge in [-0.2, -0.15) is 0 Å². The highest BCUT2D eigenvalue weighted by molar-refractivity contribution is 5.95. The van der Waals surface area contributed by atoms with E-state index in [0.717, 1.165) is 12.1 Å². The number of halogens is 3. The van der Waals surface area contributed by atoms with Gasteiger partial charge in [-0.05, 0) is 49.6 Å². The van der Waals surface area contributed by atoms with Gasteiger partial charge in [0.2, 0.25) is 5.91 Å². The van der Waals surface area contributed by atoms with Gasteiger partial charge in [-0.3, -0.25) is 9.69 Å². The Balaban J connectivity index is 1.94. The average Bonchev–Trinajstić information content (AvgIpc) is 2.79. The molecule has 0 saturated heterocycles. The van der Waals surface area contributed by atoms with Crippen LogP contribution in [0.2, 0.25) is 0 Å². The van der Waals surface area contributed by atoms with Crippen LogP contribution in [0.4, 0.5) is 23.7 Å². The maximum atomic E-state index is 13.5. The zero-order chi connectivity index (χ0) is 24.3. The van der Waals surface area contributed by atoms with Crippen LogP contribution in [-0.4, -0.2) is 38.9 Å². The van der Waals surface area contributed by atoms with Crippen molar-refractivity contribution in [2.24, 2.45) is 0 Å². The van der Waals surface area contributed by atoms with E-state index in [1.54, 1.807) is 26.0 Å². The van der Waals surface area contributed by atoms with Crippen molar-refractivity contribution in [2.75, 3.05) is 25.7 Å². The maximum absolute atomic E-state index is 13.5. The van der Waals surface area contributed by atoms with Crippen molar-refractivity contribution < 1.29 is 37.0 Å². The number of carbonyl (C=O) groups excluding carboxylic acids is 2. The number of anilines is 1. The molecule has 2 amide bonds. The number of hydrogen-bond acceptors (Lipinski definition) is 5. The molecule has 1 aliphatic heterocycles. The van der Waals surface area contributed by atoms with Gasteiger partial charge in [0.25, 0.3) is 0 Å². The van der Waals surface area contributed by atoms with Gasteiger partial charge in [0.15, 0.2) is 29.0 Å². The summed E-state index contributed by atoms with van der Waals surface area (Å²) in [6, 6.07) is 4.48. The first kappa shape index (κ1) is 24.2. The minimum Gasteiger partial charge on any atom is -0.493 e. The number of nitrogens with zero attached hydrogens (tertiary/aromatic N) is 1. The van der Waals surface area contributed by atoms with Crippen molar-refractivity contribution in [1.82, 2.24) is 5.32 Å². The monoisotopic (exact) mass is 466 g/mol. The first-order valence-corrected chi connectivity index (χ1v) is 10.3. The summed E-state index contributed by atoms with van der Waals surface area (Å²) >= 11 is 0. The van der Waals surface area contributed by atoms with Crippen molar-refractivity contribution in [1.29, 1.82) is 0 Å². The van der Waals surface area contributed by atoms with Gasteiger partial charge in [0.1, 0.15) is 0 Å². The van der Waals surface area contributed by atoms with Gasteiger partial charge < -0.3 is 19.5 Å². The normalized spacial score (nSPS) is 17.2. The average molecular weight is 466 g/mol. The summed E-state index contributed by atoms with van der Waals surface area (Å²) < 4.78 is 56.1. The van der Waals surface area contributed by atoms with Gasteiger partial charge in [-0.15, -0.1) is 0 Å². The van der Waals surface area contributed by atoms with Crippen molar-refractivity contribution in [3.05, 3.63) is 52.8 Å². The maximum Gasteiger partial charge on any atom is 0.414 e. The third-order valence-corrected chi connectivity index (χ3v) is 5.48. The standard InChI is InChI=1S/C23H25F3N2O5/c1-5-33-23(30)28-12(2)6-15(14-9-19(31-3)20(32-4)10-18(14)28)22(29)27-11-13-7-16(24)21(26)17(25)8-13/h7-10,12,15H,5-6,11H2,1-4H3,(H,27,29). The van der Waals surface area contributed by atoms with Gasteiger partial charge in [-0.25, -0.2) is 18.0 Å². The van der Waals surface area contributed by atoms with Crippen molar-refractivity contribution in [2.45, 2.75) is 38.8 Å². The van der Waals surface area contributed by atoms with Gasteiger partial charge >= 0.3 is 6.09 Å². The summed E-state index contributed by atoms with van der Waals surface area (Å²) in [6.45, 7) is 3.45. The van der Waals surface area contributed by atoms with Crippen LogP contribution in [0.25, 0.3) is 0 Å². The summed E-state index contributed by atoms with van der Waals surface area (Å²) in [5.41, 5.74) is 1.01. The number of hydrogen-bond donors (Lipinski definition) is 1. The molecule has 2 aromatic carbocycles. The molecule has 0 saturated carbocycles. The fourth-order valence-corrected chi connectivity index (χ4v) is 3.92. The topological polar surface area (TPSA) is 77.1 Å². The number of amides is 2. The molecule has 0 fully saturated rings. The lowest BCUT2D eigenvalue weighted by molar-refractivity contribution is -0.123. The Labute approximate surface area is 189 Å². The highest BCUT2D eigenvalue weighted by Gasteiger charge is 2.39. The van der Waals surface area contributed by atoms with E-state index in [1.807, 2.05) is 0 Å². The second-order valence-electron chi connectivity index (χ2n) is 7.56. The molecule has 0 aliphatic carbocycles. The lowest BCUT2D eigenvalue weighted by atomic mass is 9.85. The van der Waals surface area contributed by atoms with Crippen LogP contribution in [0.3, 0.4) is 0 Å². The van der Waals surface area contributed by atoms with E-state index in [0.29, 0.717) is 22.7 Å². The van der Waals surface area contributed by atoms with E-state index in [-0.39, 0.29) is 25.1 Å². The molecule has 3 rings (SSSR count). The molecule has 2 atom stereocenters. The van der Waals surface area contributed by atoms with Crippen LogP contribution in [0.15, 0.2) is 24.3 Å². The summed E-state index contributed by atoms with van der Waals surface area (Å²) in [7, 11) is 2.90. The molecule has 0 bridgehead atoms. The highest BCUT2D eigenvalue weighted by Crippen LogP contribution is 2.44. The van der Waals surface area contributed by atoms with E-state index in [2.05, 4.69) is 5.32 Å². The lowest BCUT2D eigenvalue weighted by Gasteiger charge is -2.38. The van der Waals surface area contributed by atoms with E-state index >= 15 is 0 Å². The summed E-state index contributed by atoms with van der Waals surface area (Å²) in [6.07, 6.45) is -0.297. The van der Waals surface area contributed by atoms with Crippen molar-refractivity contribution >= 4 is 17.7 Å². The number of carbonyl (C=O) groups is 2. The molecule has 2 aromatic rings. The molecule has 10 heteroatoms. The number of methoxy groups -OCH3 is 2. The molecule has 1 N–H and O–H groups in total. The predicted octanol–water partition coefficient (Wildman–Crippen LogP) is 4.28. The van der Waals surface area contributed by atoms with Crippen LogP contribution < -0.4 is 19.7 Å². The highest BCUT2D eigenvalue weighted by atomic mass is 19.2. The number of benzene rings is 2. The Morgan fingerprint density at radius 2 is 1.67 bits per heavy atom. The number of fused-ring (bicyclic) bond motifs is 1. The van der Waals surface area contributed by atoms with Crippen LogP contribution in [-0.2, 0) is 16.1 Å². The Bertz CT molecular complexity index is 1040. The Hall–Kier alpha value is -3.43. The molecule has 178 valence electrons. The first-order chi connectivity index (χ1) is 15.7. The molecule has 33 heavy (non-hydrogen) atoms. The molecule has 0 aromatic heterocycles. The van der Waals surface area contributed by atoms with Crippen LogP contribution in [0, 0.1) is 17.5 Å². The molecule has 0 spiro atoms. The molecule has 1 heterocycles. The number of ether oxygens (including phenoxy) is 3. The van der Waals surface area contributed by atoms with Crippen LogP contribution in [0.5, 0.6) is 11.5 Å². The summed E-state index contributed by atoms with van der Waals surface area (Å²) in [5.74, 6) is -4.62. The third kappa shape index (κ3) is 4.84. The van der Waals surface area contributed by atoms with Gasteiger partial charge in [0.05, 0.1) is 32.4 Å². The first-order valence-electron chi connectivity index (χ1n) is 10.3. The van der Waals surface area contributed by atoms with E-state index < -0.39 is 41.4 Å². The lowest BCUT2D eigenvalue weighted by Crippen LogP contribution is -2.46. The largest absolute Gasteiger partial charge is 0.493 e. The van der Waals surface area contributed by atoms with E-state index in [9.17, 15) is 22.8 Å². The van der Waals surface area contributed by atoms with Crippen LogP contribution >= 0.6 is 0 Å². The van der Waals surface area contributed by atoms with E-state index in [4.69, 9.17) is 14.2 Å². The molecular formula is C23H25F3N2O5. The van der Waals surface area contributed by atoms with Crippen molar-refractivity contribution in [3.8, 4) is 11.5 Å².